The van der Waals surface area contributed by atoms with Crippen LogP contribution in [-0.4, -0.2) is 23.9 Å². The Morgan fingerprint density at radius 3 is 2.82 bits per heavy atom. The lowest BCUT2D eigenvalue weighted by atomic mass is 10.1. The van der Waals surface area contributed by atoms with Crippen LogP contribution in [0.4, 0.5) is 5.69 Å². The number of carbonyl (C=O) groups excluding carboxylic acids is 1. The Balaban J connectivity index is 2.42. The van der Waals surface area contributed by atoms with Gasteiger partial charge in [-0.1, -0.05) is 11.6 Å². The van der Waals surface area contributed by atoms with E-state index in [1.165, 1.54) is 11.9 Å². The molecule has 17 heavy (non-hydrogen) atoms. The van der Waals surface area contributed by atoms with Crippen LogP contribution < -0.4 is 5.01 Å². The average molecular weight is 254 g/mol. The molecule has 0 N–H and O–H groups in total. The molecule has 1 amide bonds. The second-order valence-electron chi connectivity index (χ2n) is 3.92. The maximum absolute atomic E-state index is 11.4. The minimum atomic E-state index is -0.0244. The van der Waals surface area contributed by atoms with E-state index < -0.39 is 0 Å². The van der Waals surface area contributed by atoms with E-state index >= 15 is 0 Å². The van der Waals surface area contributed by atoms with E-state index in [2.05, 4.69) is 5.29 Å². The standard InChI is InChI=1S/C11H12ClN3O2/c1-8(16)14-4-5-15(13-17)11-3-2-10(12)6-9(11)7-14/h2-3,6H,4-5,7H2,1H3. The van der Waals surface area contributed by atoms with Crippen LogP contribution in [0, 0.1) is 4.91 Å². The monoisotopic (exact) mass is 253 g/mol. The smallest absolute Gasteiger partial charge is 0.219 e. The molecule has 5 nitrogen and oxygen atoms in total. The molecule has 1 aliphatic heterocycles. The van der Waals surface area contributed by atoms with Crippen molar-refractivity contribution in [3.05, 3.63) is 33.7 Å². The minimum absolute atomic E-state index is 0.0244. The molecule has 0 fully saturated rings. The summed E-state index contributed by atoms with van der Waals surface area (Å²) in [5.41, 5.74) is 1.55. The first-order valence-electron chi connectivity index (χ1n) is 5.26. The van der Waals surface area contributed by atoms with Crippen molar-refractivity contribution in [2.45, 2.75) is 13.5 Å². The Bertz CT molecular complexity index is 464. The fourth-order valence-electron chi connectivity index (χ4n) is 1.91. The number of hydrogen-bond donors (Lipinski definition) is 0. The summed E-state index contributed by atoms with van der Waals surface area (Å²) in [4.78, 5) is 23.9. The van der Waals surface area contributed by atoms with Crippen LogP contribution in [0.25, 0.3) is 0 Å². The lowest BCUT2D eigenvalue weighted by Gasteiger charge is -2.17. The maximum atomic E-state index is 11.4. The van der Waals surface area contributed by atoms with Gasteiger partial charge in [-0.15, -0.1) is 4.91 Å². The summed E-state index contributed by atoms with van der Waals surface area (Å²) in [6.45, 7) is 2.84. The van der Waals surface area contributed by atoms with Gasteiger partial charge < -0.3 is 4.90 Å². The first-order valence-corrected chi connectivity index (χ1v) is 5.64. The van der Waals surface area contributed by atoms with Crippen LogP contribution in [0.3, 0.4) is 0 Å². The SMILES string of the molecule is CC(=O)N1CCN(N=O)c2ccc(Cl)cc2C1. The first-order chi connectivity index (χ1) is 8.11. The third-order valence-electron chi connectivity index (χ3n) is 2.81. The average Bonchev–Trinajstić information content (AvgIpc) is 2.47. The van der Waals surface area contributed by atoms with Crippen molar-refractivity contribution in [1.82, 2.24) is 4.90 Å². The number of anilines is 1. The van der Waals surface area contributed by atoms with Crippen molar-refractivity contribution in [3.8, 4) is 0 Å². The van der Waals surface area contributed by atoms with Crippen molar-refractivity contribution in [3.63, 3.8) is 0 Å². The van der Waals surface area contributed by atoms with Crippen LogP contribution in [0.1, 0.15) is 12.5 Å². The van der Waals surface area contributed by atoms with Gasteiger partial charge in [0.15, 0.2) is 0 Å². The molecule has 0 saturated carbocycles. The number of hydrogen-bond acceptors (Lipinski definition) is 3. The largest absolute Gasteiger partial charge is 0.337 e. The molecule has 0 radical (unpaired) electrons. The molecule has 0 aliphatic carbocycles. The number of halogens is 1. The van der Waals surface area contributed by atoms with Crippen LogP contribution in [0.5, 0.6) is 0 Å². The maximum Gasteiger partial charge on any atom is 0.219 e. The zero-order valence-electron chi connectivity index (χ0n) is 9.39. The predicted molar refractivity (Wildman–Crippen MR) is 65.7 cm³/mol. The van der Waals surface area contributed by atoms with Gasteiger partial charge in [-0.05, 0) is 23.8 Å². The third kappa shape index (κ3) is 2.39. The first kappa shape index (κ1) is 11.9. The van der Waals surface area contributed by atoms with Gasteiger partial charge >= 0.3 is 0 Å². The van der Waals surface area contributed by atoms with Gasteiger partial charge in [0.25, 0.3) is 0 Å². The molecule has 0 spiro atoms. The molecule has 0 saturated heterocycles. The van der Waals surface area contributed by atoms with Gasteiger partial charge in [-0.25, -0.2) is 5.01 Å². The van der Waals surface area contributed by atoms with Crippen LogP contribution in [0.2, 0.25) is 5.02 Å². The lowest BCUT2D eigenvalue weighted by molar-refractivity contribution is -0.129. The predicted octanol–water partition coefficient (Wildman–Crippen LogP) is 2.19. The molecule has 1 aromatic rings. The summed E-state index contributed by atoms with van der Waals surface area (Å²) >= 11 is 5.92. The molecular weight excluding hydrogens is 242 g/mol. The third-order valence-corrected chi connectivity index (χ3v) is 3.04. The zero-order valence-corrected chi connectivity index (χ0v) is 10.1. The Hall–Kier alpha value is -1.62. The summed E-state index contributed by atoms with van der Waals surface area (Å²) in [7, 11) is 0. The summed E-state index contributed by atoms with van der Waals surface area (Å²) in [5.74, 6) is -0.0244. The molecule has 2 rings (SSSR count). The van der Waals surface area contributed by atoms with E-state index in [0.29, 0.717) is 30.3 Å². The molecule has 0 aromatic heterocycles. The van der Waals surface area contributed by atoms with E-state index in [1.807, 2.05) is 0 Å². The molecule has 0 unspecified atom stereocenters. The fourth-order valence-corrected chi connectivity index (χ4v) is 2.10. The molecule has 1 heterocycles. The van der Waals surface area contributed by atoms with Gasteiger partial charge in [-0.3, -0.25) is 4.79 Å². The topological polar surface area (TPSA) is 53.0 Å². The highest BCUT2D eigenvalue weighted by molar-refractivity contribution is 6.30. The fraction of sp³-hybridized carbons (Fsp3) is 0.364. The summed E-state index contributed by atoms with van der Waals surface area (Å²) in [6, 6.07) is 5.22. The molecule has 1 aromatic carbocycles. The van der Waals surface area contributed by atoms with E-state index in [9.17, 15) is 9.70 Å². The van der Waals surface area contributed by atoms with Gasteiger partial charge in [0.05, 0.1) is 17.5 Å². The number of rotatable bonds is 1. The van der Waals surface area contributed by atoms with Crippen molar-refractivity contribution in [2.75, 3.05) is 18.1 Å². The van der Waals surface area contributed by atoms with Crippen LogP contribution >= 0.6 is 11.6 Å². The molecule has 6 heteroatoms. The molecular formula is C11H12ClN3O2. The zero-order chi connectivity index (χ0) is 12.4. The Labute approximate surface area is 104 Å². The second-order valence-corrected chi connectivity index (χ2v) is 4.35. The number of fused-ring (bicyclic) bond motifs is 1. The van der Waals surface area contributed by atoms with E-state index in [1.54, 1.807) is 23.1 Å². The van der Waals surface area contributed by atoms with Crippen molar-refractivity contribution < 1.29 is 4.79 Å². The minimum Gasteiger partial charge on any atom is -0.337 e. The van der Waals surface area contributed by atoms with Gasteiger partial charge in [0, 0.05) is 25.0 Å². The highest BCUT2D eigenvalue weighted by atomic mass is 35.5. The van der Waals surface area contributed by atoms with Crippen molar-refractivity contribution in [1.29, 1.82) is 0 Å². The molecule has 1 aliphatic rings. The van der Waals surface area contributed by atoms with Gasteiger partial charge in [0.1, 0.15) is 0 Å². The number of nitrogens with zero attached hydrogens (tertiary/aromatic N) is 3. The van der Waals surface area contributed by atoms with E-state index in [0.717, 1.165) is 5.56 Å². The van der Waals surface area contributed by atoms with Crippen molar-refractivity contribution in [2.24, 2.45) is 5.29 Å². The highest BCUT2D eigenvalue weighted by Gasteiger charge is 2.21. The van der Waals surface area contributed by atoms with E-state index in [4.69, 9.17) is 11.6 Å². The Morgan fingerprint density at radius 2 is 2.18 bits per heavy atom. The molecule has 90 valence electrons. The van der Waals surface area contributed by atoms with Crippen molar-refractivity contribution >= 4 is 23.2 Å². The van der Waals surface area contributed by atoms with E-state index in [-0.39, 0.29) is 5.91 Å². The number of benzene rings is 1. The van der Waals surface area contributed by atoms with Crippen LogP contribution in [-0.2, 0) is 11.3 Å². The normalized spacial score (nSPS) is 15.2. The summed E-state index contributed by atoms with van der Waals surface area (Å²) < 4.78 is 0. The number of amides is 1. The van der Waals surface area contributed by atoms with Gasteiger partial charge in [-0.2, -0.15) is 0 Å². The number of nitroso groups, excluding NO2 is 1. The Morgan fingerprint density at radius 1 is 1.41 bits per heavy atom. The quantitative estimate of drug-likeness (QED) is 0.721. The molecule has 0 atom stereocenters. The molecule has 0 bridgehead atoms. The Kier molecular flexibility index (Phi) is 3.28. The summed E-state index contributed by atoms with van der Waals surface area (Å²) in [5, 5.41) is 4.91. The number of carbonyl (C=O) groups is 1. The second kappa shape index (κ2) is 4.71. The lowest BCUT2D eigenvalue weighted by Crippen LogP contribution is -2.32. The van der Waals surface area contributed by atoms with Gasteiger partial charge in [0.2, 0.25) is 5.91 Å². The highest BCUT2D eigenvalue weighted by Crippen LogP contribution is 2.28. The van der Waals surface area contributed by atoms with Crippen LogP contribution in [0.15, 0.2) is 23.5 Å². The summed E-state index contributed by atoms with van der Waals surface area (Å²) in [6.07, 6.45) is 0.